The van der Waals surface area contributed by atoms with E-state index in [1.807, 2.05) is 24.3 Å². The van der Waals surface area contributed by atoms with Crippen LogP contribution in [0.1, 0.15) is 31.4 Å². The van der Waals surface area contributed by atoms with Crippen molar-refractivity contribution in [1.82, 2.24) is 4.90 Å². The Bertz CT molecular complexity index is 388. The maximum absolute atomic E-state index is 11.4. The van der Waals surface area contributed by atoms with Gasteiger partial charge in [-0.2, -0.15) is 0 Å². The van der Waals surface area contributed by atoms with Crippen molar-refractivity contribution in [2.45, 2.75) is 25.9 Å². The lowest BCUT2D eigenvalue weighted by atomic mass is 10.1. The minimum Gasteiger partial charge on any atom is -0.493 e. The first-order valence-electron chi connectivity index (χ1n) is 6.12. The highest BCUT2D eigenvalue weighted by Crippen LogP contribution is 2.24. The van der Waals surface area contributed by atoms with Crippen LogP contribution in [0.2, 0.25) is 0 Å². The highest BCUT2D eigenvalue weighted by Gasteiger charge is 2.08. The minimum atomic E-state index is -0.551. The van der Waals surface area contributed by atoms with E-state index in [0.29, 0.717) is 25.2 Å². The summed E-state index contributed by atoms with van der Waals surface area (Å²) >= 11 is 0. The van der Waals surface area contributed by atoms with Crippen molar-refractivity contribution < 1.29 is 14.6 Å². The Hall–Kier alpha value is -1.55. The lowest BCUT2D eigenvalue weighted by molar-refractivity contribution is -0.128. The van der Waals surface area contributed by atoms with Crippen LogP contribution in [0.15, 0.2) is 24.3 Å². The van der Waals surface area contributed by atoms with Gasteiger partial charge in [-0.15, -0.1) is 0 Å². The van der Waals surface area contributed by atoms with Crippen LogP contribution in [0.25, 0.3) is 0 Å². The third-order valence-corrected chi connectivity index (χ3v) is 2.66. The predicted octanol–water partition coefficient (Wildman–Crippen LogP) is 1.99. The number of hydrogen-bond acceptors (Lipinski definition) is 3. The number of para-hydroxylation sites is 1. The molecule has 1 atom stereocenters. The average molecular weight is 251 g/mol. The fraction of sp³-hybridized carbons (Fsp3) is 0.500. The van der Waals surface area contributed by atoms with E-state index in [0.717, 1.165) is 5.56 Å². The molecule has 0 unspecified atom stereocenters. The van der Waals surface area contributed by atoms with Crippen LogP contribution in [0.3, 0.4) is 0 Å². The molecule has 1 rings (SSSR count). The molecule has 0 heterocycles. The molecule has 18 heavy (non-hydrogen) atoms. The molecule has 0 bridgehead atoms. The summed E-state index contributed by atoms with van der Waals surface area (Å²) in [5.41, 5.74) is 0.774. The molecule has 0 saturated heterocycles. The number of hydrogen-bond donors (Lipinski definition) is 1. The Morgan fingerprint density at radius 2 is 2.06 bits per heavy atom. The highest BCUT2D eigenvalue weighted by molar-refractivity contribution is 5.75. The number of aliphatic hydroxyl groups excluding tert-OH is 1. The van der Waals surface area contributed by atoms with Gasteiger partial charge in [-0.25, -0.2) is 0 Å². The monoisotopic (exact) mass is 251 g/mol. The predicted molar refractivity (Wildman–Crippen MR) is 70.5 cm³/mol. The van der Waals surface area contributed by atoms with E-state index in [-0.39, 0.29) is 5.91 Å². The minimum absolute atomic E-state index is 0.0995. The Labute approximate surface area is 108 Å². The quantitative estimate of drug-likeness (QED) is 0.787. The van der Waals surface area contributed by atoms with E-state index in [2.05, 4.69) is 0 Å². The standard InChI is InChI=1S/C14H21NO3/c1-11(16)12-7-4-5-8-13(12)18-10-6-9-14(17)15(2)3/h4-5,7-8,11,16H,6,9-10H2,1-3H3/t11-/m0/s1. The first-order valence-corrected chi connectivity index (χ1v) is 6.12. The van der Waals surface area contributed by atoms with Crippen molar-refractivity contribution in [3.63, 3.8) is 0 Å². The molecule has 0 aliphatic carbocycles. The lowest BCUT2D eigenvalue weighted by Gasteiger charge is -2.14. The summed E-state index contributed by atoms with van der Waals surface area (Å²) in [6, 6.07) is 7.40. The average Bonchev–Trinajstić information content (AvgIpc) is 2.34. The zero-order valence-electron chi connectivity index (χ0n) is 11.2. The van der Waals surface area contributed by atoms with Gasteiger partial charge in [-0.3, -0.25) is 4.79 Å². The second kappa shape index (κ2) is 7.01. The van der Waals surface area contributed by atoms with Gasteiger partial charge >= 0.3 is 0 Å². The first kappa shape index (κ1) is 14.5. The van der Waals surface area contributed by atoms with Gasteiger partial charge in [0.15, 0.2) is 0 Å². The van der Waals surface area contributed by atoms with Crippen molar-refractivity contribution in [2.24, 2.45) is 0 Å². The van der Waals surface area contributed by atoms with Crippen LogP contribution in [-0.4, -0.2) is 36.6 Å². The Morgan fingerprint density at radius 1 is 1.39 bits per heavy atom. The van der Waals surface area contributed by atoms with Crippen LogP contribution in [-0.2, 0) is 4.79 Å². The van der Waals surface area contributed by atoms with Gasteiger partial charge in [0.25, 0.3) is 0 Å². The molecule has 100 valence electrons. The molecule has 0 aromatic heterocycles. The molecule has 0 fully saturated rings. The van der Waals surface area contributed by atoms with Gasteiger partial charge < -0.3 is 14.7 Å². The second-order valence-electron chi connectivity index (χ2n) is 4.45. The van der Waals surface area contributed by atoms with Gasteiger partial charge in [0.2, 0.25) is 5.91 Å². The van der Waals surface area contributed by atoms with E-state index in [9.17, 15) is 9.90 Å². The van der Waals surface area contributed by atoms with Gasteiger partial charge in [-0.1, -0.05) is 18.2 Å². The summed E-state index contributed by atoms with van der Waals surface area (Å²) in [5.74, 6) is 0.784. The largest absolute Gasteiger partial charge is 0.493 e. The Kier molecular flexibility index (Phi) is 5.65. The molecule has 0 radical (unpaired) electrons. The smallest absolute Gasteiger partial charge is 0.222 e. The number of ether oxygens (including phenoxy) is 1. The van der Waals surface area contributed by atoms with Crippen molar-refractivity contribution in [1.29, 1.82) is 0 Å². The van der Waals surface area contributed by atoms with Gasteiger partial charge in [-0.05, 0) is 19.4 Å². The number of carbonyl (C=O) groups is 1. The molecule has 0 spiro atoms. The fourth-order valence-electron chi connectivity index (χ4n) is 1.59. The number of aliphatic hydroxyl groups is 1. The number of benzene rings is 1. The van der Waals surface area contributed by atoms with E-state index in [1.165, 1.54) is 0 Å². The molecular formula is C14H21NO3. The molecule has 0 aliphatic heterocycles. The molecule has 0 saturated carbocycles. The molecule has 1 aromatic carbocycles. The van der Waals surface area contributed by atoms with Gasteiger partial charge in [0.05, 0.1) is 12.7 Å². The van der Waals surface area contributed by atoms with Gasteiger partial charge in [0.1, 0.15) is 5.75 Å². The molecule has 1 aromatic rings. The van der Waals surface area contributed by atoms with E-state index in [4.69, 9.17) is 4.74 Å². The number of carbonyl (C=O) groups excluding carboxylic acids is 1. The summed E-state index contributed by atoms with van der Waals surface area (Å²) in [4.78, 5) is 12.9. The zero-order valence-corrected chi connectivity index (χ0v) is 11.2. The third kappa shape index (κ3) is 4.37. The van der Waals surface area contributed by atoms with E-state index in [1.54, 1.807) is 25.9 Å². The number of nitrogens with zero attached hydrogens (tertiary/aromatic N) is 1. The van der Waals surface area contributed by atoms with Crippen LogP contribution >= 0.6 is 0 Å². The van der Waals surface area contributed by atoms with Crippen molar-refractivity contribution in [2.75, 3.05) is 20.7 Å². The molecule has 1 amide bonds. The highest BCUT2D eigenvalue weighted by atomic mass is 16.5. The molecular weight excluding hydrogens is 230 g/mol. The summed E-state index contributed by atoms with van der Waals surface area (Å²) < 4.78 is 5.60. The molecule has 0 aliphatic rings. The van der Waals surface area contributed by atoms with Crippen LogP contribution in [0, 0.1) is 0 Å². The SMILES string of the molecule is C[C@H](O)c1ccccc1OCCCC(=O)N(C)C. The fourth-order valence-corrected chi connectivity index (χ4v) is 1.59. The van der Waals surface area contributed by atoms with Crippen LogP contribution in [0.5, 0.6) is 5.75 Å². The summed E-state index contributed by atoms with van der Waals surface area (Å²) in [6.45, 7) is 2.18. The first-order chi connectivity index (χ1) is 8.52. The van der Waals surface area contributed by atoms with E-state index >= 15 is 0 Å². The Morgan fingerprint density at radius 3 is 2.67 bits per heavy atom. The normalized spacial score (nSPS) is 12.0. The second-order valence-corrected chi connectivity index (χ2v) is 4.45. The van der Waals surface area contributed by atoms with Crippen LogP contribution in [0.4, 0.5) is 0 Å². The van der Waals surface area contributed by atoms with Crippen LogP contribution < -0.4 is 4.74 Å². The van der Waals surface area contributed by atoms with Gasteiger partial charge in [0, 0.05) is 26.1 Å². The molecule has 4 nitrogen and oxygen atoms in total. The lowest BCUT2D eigenvalue weighted by Crippen LogP contribution is -2.21. The third-order valence-electron chi connectivity index (χ3n) is 2.66. The summed E-state index contributed by atoms with van der Waals surface area (Å²) in [5, 5.41) is 9.58. The Balaban J connectivity index is 2.42. The van der Waals surface area contributed by atoms with E-state index < -0.39 is 6.10 Å². The van der Waals surface area contributed by atoms with Crippen molar-refractivity contribution >= 4 is 5.91 Å². The number of amides is 1. The summed E-state index contributed by atoms with van der Waals surface area (Å²) in [6.07, 6.45) is 0.597. The van der Waals surface area contributed by atoms with Crippen molar-refractivity contribution in [3.8, 4) is 5.75 Å². The topological polar surface area (TPSA) is 49.8 Å². The molecule has 1 N–H and O–H groups in total. The van der Waals surface area contributed by atoms with Crippen molar-refractivity contribution in [3.05, 3.63) is 29.8 Å². The zero-order chi connectivity index (χ0) is 13.5. The summed E-state index contributed by atoms with van der Waals surface area (Å²) in [7, 11) is 3.48. The number of rotatable bonds is 6. The maximum atomic E-state index is 11.4. The molecule has 4 heteroatoms. The maximum Gasteiger partial charge on any atom is 0.222 e.